The number of piperidine rings is 1. The zero-order valence-corrected chi connectivity index (χ0v) is 22.0. The summed E-state index contributed by atoms with van der Waals surface area (Å²) in [5.74, 6) is -0.228. The van der Waals surface area contributed by atoms with Crippen LogP contribution in [-0.4, -0.2) is 24.9 Å². The first-order chi connectivity index (χ1) is 17.2. The summed E-state index contributed by atoms with van der Waals surface area (Å²) in [6.07, 6.45) is 0.501. The molecule has 2 aliphatic heterocycles. The molecule has 0 aromatic heterocycles. The maximum absolute atomic E-state index is 13.5. The van der Waals surface area contributed by atoms with Crippen molar-refractivity contribution in [3.8, 4) is 11.5 Å². The zero-order valence-electron chi connectivity index (χ0n) is 18.9. The number of benzene rings is 3. The Morgan fingerprint density at radius 2 is 1.83 bits per heavy atom. The van der Waals surface area contributed by atoms with Gasteiger partial charge in [0.15, 0.2) is 0 Å². The number of hydrogen-bond acceptors (Lipinski definition) is 5. The van der Waals surface area contributed by atoms with Gasteiger partial charge in [-0.2, -0.15) is 0 Å². The van der Waals surface area contributed by atoms with E-state index in [0.717, 1.165) is 10.0 Å². The Hall–Kier alpha value is -3.07. The molecular weight excluding hydrogens is 571 g/mol. The minimum Gasteiger partial charge on any atom is -0.465 e. The van der Waals surface area contributed by atoms with Gasteiger partial charge in [0.2, 0.25) is 11.8 Å². The number of hydrogen-bond donors (Lipinski definition) is 2. The summed E-state index contributed by atoms with van der Waals surface area (Å²) in [5, 5.41) is 6.66. The molecule has 1 spiro atoms. The number of rotatable bonds is 4. The molecule has 0 bridgehead atoms. The lowest BCUT2D eigenvalue weighted by molar-refractivity contribution is -0.130. The van der Waals surface area contributed by atoms with E-state index in [1.54, 1.807) is 36.4 Å². The Bertz CT molecular complexity index is 1430. The molecule has 2 atom stereocenters. The van der Waals surface area contributed by atoms with Crippen molar-refractivity contribution in [1.82, 2.24) is 5.32 Å². The van der Waals surface area contributed by atoms with Crippen LogP contribution in [-0.2, 0) is 19.7 Å². The summed E-state index contributed by atoms with van der Waals surface area (Å²) in [6, 6.07) is 14.4. The first kappa shape index (κ1) is 24.6. The van der Waals surface area contributed by atoms with E-state index in [4.69, 9.17) is 32.7 Å². The molecule has 1 saturated heterocycles. The third-order valence-corrected chi connectivity index (χ3v) is 7.54. The molecule has 1 fully saturated rings. The Kier molecular flexibility index (Phi) is 6.44. The topological polar surface area (TPSA) is 93.7 Å². The van der Waals surface area contributed by atoms with E-state index >= 15 is 0 Å². The fraction of sp³-hybridized carbons (Fsp3) is 0.192. The molecule has 2 amide bonds. The lowest BCUT2D eigenvalue weighted by atomic mass is 9.67. The molecular formula is C26H19BrCl2N2O5. The lowest BCUT2D eigenvalue weighted by Gasteiger charge is -2.40. The van der Waals surface area contributed by atoms with E-state index in [-0.39, 0.29) is 28.8 Å². The summed E-state index contributed by atoms with van der Waals surface area (Å²) in [7, 11) is 1.29. The number of carbonyl (C=O) groups is 3. The van der Waals surface area contributed by atoms with Crippen molar-refractivity contribution in [3.05, 3.63) is 85.8 Å². The molecule has 2 aliphatic rings. The van der Waals surface area contributed by atoms with E-state index in [0.29, 0.717) is 34.2 Å². The number of methoxy groups -OCH3 is 1. The highest BCUT2D eigenvalue weighted by Crippen LogP contribution is 2.53. The lowest BCUT2D eigenvalue weighted by Crippen LogP contribution is -2.52. The molecule has 0 saturated carbocycles. The van der Waals surface area contributed by atoms with Crippen molar-refractivity contribution in [2.45, 2.75) is 24.3 Å². The summed E-state index contributed by atoms with van der Waals surface area (Å²) < 4.78 is 11.7. The van der Waals surface area contributed by atoms with Crippen LogP contribution in [0.1, 0.15) is 40.4 Å². The summed E-state index contributed by atoms with van der Waals surface area (Å²) in [6.45, 7) is 0. The van der Waals surface area contributed by atoms with Crippen molar-refractivity contribution in [1.29, 1.82) is 0 Å². The zero-order chi connectivity index (χ0) is 25.6. The van der Waals surface area contributed by atoms with Crippen molar-refractivity contribution in [3.63, 3.8) is 0 Å². The van der Waals surface area contributed by atoms with Crippen LogP contribution in [0, 0.1) is 0 Å². The second kappa shape index (κ2) is 9.42. The Balaban J connectivity index is 1.61. The van der Waals surface area contributed by atoms with Gasteiger partial charge in [-0.15, -0.1) is 0 Å². The minimum absolute atomic E-state index is 0.174. The smallest absolute Gasteiger partial charge is 0.337 e. The maximum atomic E-state index is 13.5. The molecule has 3 aromatic carbocycles. The molecule has 36 heavy (non-hydrogen) atoms. The van der Waals surface area contributed by atoms with Gasteiger partial charge < -0.3 is 20.1 Å². The Morgan fingerprint density at radius 3 is 2.58 bits per heavy atom. The van der Waals surface area contributed by atoms with E-state index in [1.165, 1.54) is 13.2 Å². The predicted octanol–water partition coefficient (Wildman–Crippen LogP) is 6.18. The van der Waals surface area contributed by atoms with Crippen LogP contribution in [0.3, 0.4) is 0 Å². The van der Waals surface area contributed by atoms with Crippen molar-refractivity contribution in [2.75, 3.05) is 12.4 Å². The first-order valence-electron chi connectivity index (χ1n) is 11.0. The highest BCUT2D eigenvalue weighted by molar-refractivity contribution is 9.10. The van der Waals surface area contributed by atoms with Crippen molar-refractivity contribution in [2.24, 2.45) is 0 Å². The molecule has 0 aliphatic carbocycles. The van der Waals surface area contributed by atoms with Gasteiger partial charge in [-0.05, 0) is 60.5 Å². The van der Waals surface area contributed by atoms with Crippen LogP contribution in [0.15, 0.2) is 59.1 Å². The van der Waals surface area contributed by atoms with Gasteiger partial charge in [0.1, 0.15) is 16.9 Å². The third-order valence-electron chi connectivity index (χ3n) is 6.52. The fourth-order valence-corrected chi connectivity index (χ4v) is 5.61. The van der Waals surface area contributed by atoms with Crippen molar-refractivity contribution >= 4 is 62.6 Å². The van der Waals surface area contributed by atoms with Gasteiger partial charge in [-0.1, -0.05) is 45.2 Å². The number of anilines is 1. The standard InChI is InChI=1S/C26H19BrCl2N2O5/c1-35-24(33)13-2-6-21(18(29)10-13)36-20-7-3-14(27)11-16(20)23-26(9-8-22(32)31-23)17-5-4-15(28)12-19(17)30-25(26)34/h2-7,10-12,23H,8-9H2,1H3,(H,30,34)(H,31,32)/t23-,26-/m1/s1. The van der Waals surface area contributed by atoms with Gasteiger partial charge in [0, 0.05) is 27.2 Å². The van der Waals surface area contributed by atoms with Gasteiger partial charge >= 0.3 is 5.97 Å². The molecule has 0 radical (unpaired) electrons. The molecule has 3 aromatic rings. The van der Waals surface area contributed by atoms with E-state index in [2.05, 4.69) is 26.6 Å². The van der Waals surface area contributed by atoms with Crippen LogP contribution >= 0.6 is 39.1 Å². The largest absolute Gasteiger partial charge is 0.465 e. The SMILES string of the molecule is COC(=O)c1ccc(Oc2ccc(Br)cc2[C@H]2NC(=O)CC[C@]23C(=O)Nc2cc(Cl)ccc23)c(Cl)c1. The van der Waals surface area contributed by atoms with Crippen LogP contribution < -0.4 is 15.4 Å². The molecule has 184 valence electrons. The average molecular weight is 590 g/mol. The normalized spacial score (nSPS) is 20.5. The fourth-order valence-electron chi connectivity index (χ4n) is 4.84. The maximum Gasteiger partial charge on any atom is 0.337 e. The van der Waals surface area contributed by atoms with Crippen molar-refractivity contribution < 1.29 is 23.9 Å². The number of fused-ring (bicyclic) bond motifs is 2. The van der Waals surface area contributed by atoms with E-state index < -0.39 is 17.4 Å². The van der Waals surface area contributed by atoms with Gasteiger partial charge in [0.25, 0.3) is 0 Å². The van der Waals surface area contributed by atoms with E-state index in [9.17, 15) is 14.4 Å². The van der Waals surface area contributed by atoms with Crippen LogP contribution in [0.5, 0.6) is 11.5 Å². The number of carbonyl (C=O) groups excluding carboxylic acids is 3. The summed E-state index contributed by atoms with van der Waals surface area (Å²) >= 11 is 16.1. The summed E-state index contributed by atoms with van der Waals surface area (Å²) in [4.78, 5) is 38.0. The minimum atomic E-state index is -1.06. The molecule has 7 nitrogen and oxygen atoms in total. The predicted molar refractivity (Wildman–Crippen MR) is 139 cm³/mol. The molecule has 0 unspecified atom stereocenters. The van der Waals surface area contributed by atoms with Crippen LogP contribution in [0.25, 0.3) is 0 Å². The number of amides is 2. The van der Waals surface area contributed by atoms with Crippen LogP contribution in [0.4, 0.5) is 5.69 Å². The molecule has 2 N–H and O–H groups in total. The Labute approximate surface area is 225 Å². The number of ether oxygens (including phenoxy) is 2. The highest BCUT2D eigenvalue weighted by Gasteiger charge is 2.56. The molecule has 2 heterocycles. The second-order valence-corrected chi connectivity index (χ2v) is 10.3. The van der Waals surface area contributed by atoms with Gasteiger partial charge in [0.05, 0.1) is 23.7 Å². The molecule has 10 heteroatoms. The van der Waals surface area contributed by atoms with Crippen LogP contribution in [0.2, 0.25) is 10.0 Å². The van der Waals surface area contributed by atoms with E-state index in [1.807, 2.05) is 12.1 Å². The third kappa shape index (κ3) is 4.13. The quantitative estimate of drug-likeness (QED) is 0.355. The average Bonchev–Trinajstić information content (AvgIpc) is 3.12. The monoisotopic (exact) mass is 588 g/mol. The molecule has 5 rings (SSSR count). The number of esters is 1. The Morgan fingerprint density at radius 1 is 1.06 bits per heavy atom. The highest BCUT2D eigenvalue weighted by atomic mass is 79.9. The summed E-state index contributed by atoms with van der Waals surface area (Å²) in [5.41, 5.74) is 1.18. The van der Waals surface area contributed by atoms with Gasteiger partial charge in [-0.25, -0.2) is 4.79 Å². The number of halogens is 3. The first-order valence-corrected chi connectivity index (χ1v) is 12.5. The number of nitrogens with one attached hydrogen (secondary N) is 2. The second-order valence-electron chi connectivity index (χ2n) is 8.54. The van der Waals surface area contributed by atoms with Gasteiger partial charge in [-0.3, -0.25) is 9.59 Å².